The van der Waals surface area contributed by atoms with Crippen LogP contribution >= 0.6 is 0 Å². The Morgan fingerprint density at radius 2 is 1.17 bits per heavy atom. The summed E-state index contributed by atoms with van der Waals surface area (Å²) in [5.74, 6) is -2.62. The van der Waals surface area contributed by atoms with Crippen LogP contribution in [0.5, 0.6) is 11.5 Å². The van der Waals surface area contributed by atoms with E-state index >= 15 is 0 Å². The van der Waals surface area contributed by atoms with E-state index in [1.807, 2.05) is 0 Å². The molecule has 0 amide bonds. The van der Waals surface area contributed by atoms with Crippen LogP contribution in [-0.4, -0.2) is 17.7 Å². The Bertz CT molecular complexity index is 626. The second kappa shape index (κ2) is 7.89. The maximum absolute atomic E-state index is 12.2. The van der Waals surface area contributed by atoms with Crippen molar-refractivity contribution in [1.82, 2.24) is 0 Å². The number of hydrogen-bond acceptors (Lipinski definition) is 5. The number of Topliss-reactive ketones (excluding diaryl/α,β-unsaturated/α-hetero) is 1. The van der Waals surface area contributed by atoms with Crippen LogP contribution in [0.4, 0.5) is 0 Å². The summed E-state index contributed by atoms with van der Waals surface area (Å²) < 4.78 is 10.3. The van der Waals surface area contributed by atoms with Gasteiger partial charge in [0.15, 0.2) is 5.92 Å². The van der Waals surface area contributed by atoms with Gasteiger partial charge in [0.2, 0.25) is 0 Å². The van der Waals surface area contributed by atoms with Crippen molar-refractivity contribution in [3.63, 3.8) is 0 Å². The van der Waals surface area contributed by atoms with Gasteiger partial charge in [-0.05, 0) is 31.2 Å². The van der Waals surface area contributed by atoms with Crippen molar-refractivity contribution in [2.45, 2.75) is 13.3 Å². The molecule has 0 atom stereocenters. The Kier molecular flexibility index (Phi) is 5.63. The normalized spacial score (nSPS) is 10.2. The minimum Gasteiger partial charge on any atom is -0.426 e. The van der Waals surface area contributed by atoms with Gasteiger partial charge >= 0.3 is 11.9 Å². The highest BCUT2D eigenvalue weighted by molar-refractivity contribution is 6.00. The number of para-hydroxylation sites is 2. The van der Waals surface area contributed by atoms with Crippen molar-refractivity contribution >= 4 is 17.7 Å². The standard InChI is InChI=1S/C18H16O5/c1-13(19)12-16(17(20)22-14-8-4-2-5-9-14)18(21)23-15-10-6-3-7-11-15/h2-11,16H,12H2,1H3. The minimum atomic E-state index is -1.30. The first kappa shape index (κ1) is 16.4. The first-order valence-electron chi connectivity index (χ1n) is 7.09. The zero-order chi connectivity index (χ0) is 16.7. The summed E-state index contributed by atoms with van der Waals surface area (Å²) in [5, 5.41) is 0. The van der Waals surface area contributed by atoms with E-state index in [1.54, 1.807) is 60.7 Å². The van der Waals surface area contributed by atoms with Crippen molar-refractivity contribution in [2.24, 2.45) is 5.92 Å². The zero-order valence-corrected chi connectivity index (χ0v) is 12.6. The highest BCUT2D eigenvalue weighted by Crippen LogP contribution is 2.17. The molecule has 0 fully saturated rings. The van der Waals surface area contributed by atoms with E-state index < -0.39 is 17.9 Å². The lowest BCUT2D eigenvalue weighted by molar-refractivity contribution is -0.153. The number of ether oxygens (including phenoxy) is 2. The summed E-state index contributed by atoms with van der Waals surface area (Å²) in [6.45, 7) is 1.30. The lowest BCUT2D eigenvalue weighted by Crippen LogP contribution is -2.33. The molecular formula is C18H16O5. The average molecular weight is 312 g/mol. The molecular weight excluding hydrogens is 296 g/mol. The van der Waals surface area contributed by atoms with Crippen LogP contribution < -0.4 is 9.47 Å². The maximum atomic E-state index is 12.2. The molecule has 0 aliphatic carbocycles. The maximum Gasteiger partial charge on any atom is 0.326 e. The van der Waals surface area contributed by atoms with Crippen LogP contribution in [0, 0.1) is 5.92 Å². The monoisotopic (exact) mass is 312 g/mol. The van der Waals surface area contributed by atoms with Gasteiger partial charge in [0, 0.05) is 6.42 Å². The number of carbonyl (C=O) groups excluding carboxylic acids is 3. The Morgan fingerprint density at radius 1 is 0.783 bits per heavy atom. The van der Waals surface area contributed by atoms with Gasteiger partial charge in [-0.1, -0.05) is 36.4 Å². The van der Waals surface area contributed by atoms with Crippen LogP contribution in [-0.2, 0) is 14.4 Å². The van der Waals surface area contributed by atoms with Gasteiger partial charge in [-0.2, -0.15) is 0 Å². The number of carbonyl (C=O) groups is 3. The predicted molar refractivity (Wildman–Crippen MR) is 82.9 cm³/mol. The molecule has 2 aromatic rings. The van der Waals surface area contributed by atoms with Crippen LogP contribution in [0.3, 0.4) is 0 Å². The molecule has 0 bridgehead atoms. The van der Waals surface area contributed by atoms with Crippen LogP contribution in [0.2, 0.25) is 0 Å². The summed E-state index contributed by atoms with van der Waals surface area (Å²) in [7, 11) is 0. The quantitative estimate of drug-likeness (QED) is 0.466. The molecule has 0 heterocycles. The van der Waals surface area contributed by atoms with Gasteiger partial charge in [-0.3, -0.25) is 14.4 Å². The highest BCUT2D eigenvalue weighted by Gasteiger charge is 2.32. The lowest BCUT2D eigenvalue weighted by Gasteiger charge is -2.14. The molecule has 0 aromatic heterocycles. The fourth-order valence-corrected chi connectivity index (χ4v) is 1.90. The third-order valence-corrected chi connectivity index (χ3v) is 2.98. The van der Waals surface area contributed by atoms with Crippen LogP contribution in [0.15, 0.2) is 60.7 Å². The molecule has 2 rings (SSSR count). The first-order valence-corrected chi connectivity index (χ1v) is 7.09. The number of esters is 2. The molecule has 5 heteroatoms. The Morgan fingerprint density at radius 3 is 1.52 bits per heavy atom. The van der Waals surface area contributed by atoms with Gasteiger partial charge in [0.25, 0.3) is 0 Å². The molecule has 118 valence electrons. The summed E-state index contributed by atoms with van der Waals surface area (Å²) in [6, 6.07) is 16.7. The fourth-order valence-electron chi connectivity index (χ4n) is 1.90. The molecule has 0 aliphatic heterocycles. The molecule has 0 aliphatic rings. The van der Waals surface area contributed by atoms with E-state index in [-0.39, 0.29) is 12.2 Å². The smallest absolute Gasteiger partial charge is 0.326 e. The molecule has 0 N–H and O–H groups in total. The van der Waals surface area contributed by atoms with E-state index in [4.69, 9.17) is 9.47 Å². The third-order valence-electron chi connectivity index (χ3n) is 2.98. The molecule has 0 unspecified atom stereocenters. The van der Waals surface area contributed by atoms with Gasteiger partial charge < -0.3 is 9.47 Å². The van der Waals surface area contributed by atoms with Crippen molar-refractivity contribution < 1.29 is 23.9 Å². The van der Waals surface area contributed by atoms with E-state index in [0.717, 1.165) is 0 Å². The van der Waals surface area contributed by atoms with Crippen molar-refractivity contribution in [1.29, 1.82) is 0 Å². The van der Waals surface area contributed by atoms with Crippen LogP contribution in [0.25, 0.3) is 0 Å². The average Bonchev–Trinajstić information content (AvgIpc) is 2.54. The van der Waals surface area contributed by atoms with E-state index in [1.165, 1.54) is 6.92 Å². The predicted octanol–water partition coefficient (Wildman–Crippen LogP) is 2.79. The highest BCUT2D eigenvalue weighted by atomic mass is 16.6. The largest absolute Gasteiger partial charge is 0.426 e. The van der Waals surface area contributed by atoms with Crippen LogP contribution in [0.1, 0.15) is 13.3 Å². The third kappa shape index (κ3) is 5.07. The van der Waals surface area contributed by atoms with E-state index in [9.17, 15) is 14.4 Å². The SMILES string of the molecule is CC(=O)CC(C(=O)Oc1ccccc1)C(=O)Oc1ccccc1. The van der Waals surface area contributed by atoms with E-state index in [0.29, 0.717) is 11.5 Å². The zero-order valence-electron chi connectivity index (χ0n) is 12.6. The van der Waals surface area contributed by atoms with Crippen molar-refractivity contribution in [2.75, 3.05) is 0 Å². The van der Waals surface area contributed by atoms with Gasteiger partial charge in [0.05, 0.1) is 0 Å². The fraction of sp³-hybridized carbons (Fsp3) is 0.167. The summed E-state index contributed by atoms with van der Waals surface area (Å²) >= 11 is 0. The summed E-state index contributed by atoms with van der Waals surface area (Å²) in [5.41, 5.74) is 0. The summed E-state index contributed by atoms with van der Waals surface area (Å²) in [4.78, 5) is 35.8. The Hall–Kier alpha value is -2.95. The first-order chi connectivity index (χ1) is 11.1. The lowest BCUT2D eigenvalue weighted by atomic mass is 10.0. The van der Waals surface area contributed by atoms with Gasteiger partial charge in [0.1, 0.15) is 17.3 Å². The number of rotatable bonds is 6. The second-order valence-corrected chi connectivity index (χ2v) is 4.93. The summed E-state index contributed by atoms with van der Waals surface area (Å²) in [6.07, 6.45) is -0.267. The second-order valence-electron chi connectivity index (χ2n) is 4.93. The number of hydrogen-bond donors (Lipinski definition) is 0. The molecule has 0 radical (unpaired) electrons. The van der Waals surface area contributed by atoms with Crippen molar-refractivity contribution in [3.8, 4) is 11.5 Å². The molecule has 23 heavy (non-hydrogen) atoms. The molecule has 0 spiro atoms. The topological polar surface area (TPSA) is 69.7 Å². The molecule has 2 aromatic carbocycles. The number of ketones is 1. The van der Waals surface area contributed by atoms with Gasteiger partial charge in [-0.15, -0.1) is 0 Å². The molecule has 0 saturated heterocycles. The molecule has 0 saturated carbocycles. The number of benzene rings is 2. The Labute approximate surface area is 133 Å². The van der Waals surface area contributed by atoms with Gasteiger partial charge in [-0.25, -0.2) is 0 Å². The van der Waals surface area contributed by atoms with E-state index in [2.05, 4.69) is 0 Å². The Balaban J connectivity index is 2.10. The molecule has 5 nitrogen and oxygen atoms in total. The van der Waals surface area contributed by atoms with Crippen molar-refractivity contribution in [3.05, 3.63) is 60.7 Å². The minimum absolute atomic E-state index is 0.267.